The van der Waals surface area contributed by atoms with Crippen molar-refractivity contribution < 1.29 is 4.79 Å². The van der Waals surface area contributed by atoms with E-state index in [1.54, 1.807) is 0 Å². The summed E-state index contributed by atoms with van der Waals surface area (Å²) in [7, 11) is 0. The van der Waals surface area contributed by atoms with Gasteiger partial charge in [-0.25, -0.2) is 0 Å². The first kappa shape index (κ1) is 9.11. The molecule has 0 aromatic rings. The number of Topliss-reactive ketones (excluding diaryl/α,β-unsaturated/α-hetero) is 1. The summed E-state index contributed by atoms with van der Waals surface area (Å²) in [6, 6.07) is 0. The summed E-state index contributed by atoms with van der Waals surface area (Å²) in [5.74, 6) is 0.416. The fraction of sp³-hybridized carbons (Fsp3) is 0.889. The fourth-order valence-corrected chi connectivity index (χ4v) is 3.79. The van der Waals surface area contributed by atoms with E-state index in [2.05, 4.69) is 27.7 Å². The molecule has 0 spiro atoms. The summed E-state index contributed by atoms with van der Waals surface area (Å²) in [5.41, 5.74) is 0. The predicted octanol–water partition coefficient (Wildman–Crippen LogP) is 2.64. The number of carbonyl (C=O) groups is 1. The molecule has 1 heterocycles. The third-order valence-electron chi connectivity index (χ3n) is 1.80. The zero-order valence-electron chi connectivity index (χ0n) is 7.73. The Hall–Kier alpha value is 0.0200. The van der Waals surface area contributed by atoms with Gasteiger partial charge in [0, 0.05) is 22.3 Å². The Morgan fingerprint density at radius 3 is 1.73 bits per heavy atom. The van der Waals surface area contributed by atoms with E-state index >= 15 is 0 Å². The summed E-state index contributed by atoms with van der Waals surface area (Å²) in [6.45, 7) is 8.60. The number of rotatable bonds is 0. The van der Waals surface area contributed by atoms with Crippen LogP contribution in [-0.2, 0) is 4.79 Å². The summed E-state index contributed by atoms with van der Waals surface area (Å²) < 4.78 is 0.303. The lowest BCUT2D eigenvalue weighted by Crippen LogP contribution is -2.36. The van der Waals surface area contributed by atoms with Crippen LogP contribution >= 0.6 is 11.8 Å². The van der Waals surface area contributed by atoms with Crippen LogP contribution in [0.15, 0.2) is 0 Å². The van der Waals surface area contributed by atoms with Crippen molar-refractivity contribution in [3.05, 3.63) is 0 Å². The fourth-order valence-electron chi connectivity index (χ4n) is 1.83. The van der Waals surface area contributed by atoms with Gasteiger partial charge >= 0.3 is 0 Å². The van der Waals surface area contributed by atoms with Gasteiger partial charge in [-0.2, -0.15) is 0 Å². The number of ketones is 1. The minimum Gasteiger partial charge on any atom is -0.300 e. The van der Waals surface area contributed by atoms with E-state index in [0.29, 0.717) is 5.78 Å². The third-order valence-corrected chi connectivity index (χ3v) is 3.19. The Kier molecular flexibility index (Phi) is 2.08. The Morgan fingerprint density at radius 1 is 1.09 bits per heavy atom. The van der Waals surface area contributed by atoms with Gasteiger partial charge in [-0.05, 0) is 0 Å². The highest BCUT2D eigenvalue weighted by Crippen LogP contribution is 2.45. The Balaban J connectivity index is 2.74. The van der Waals surface area contributed by atoms with Gasteiger partial charge in [0.15, 0.2) is 0 Å². The molecule has 0 aromatic carbocycles. The molecule has 0 saturated carbocycles. The molecule has 64 valence electrons. The molecular formula is C9H16OS. The van der Waals surface area contributed by atoms with Crippen LogP contribution in [0.2, 0.25) is 0 Å². The molecule has 2 heteroatoms. The lowest BCUT2D eigenvalue weighted by atomic mass is 9.97. The van der Waals surface area contributed by atoms with Crippen molar-refractivity contribution in [3.8, 4) is 0 Å². The lowest BCUT2D eigenvalue weighted by Gasteiger charge is -2.38. The van der Waals surface area contributed by atoms with E-state index < -0.39 is 0 Å². The van der Waals surface area contributed by atoms with Crippen molar-refractivity contribution in [1.82, 2.24) is 0 Å². The van der Waals surface area contributed by atoms with E-state index in [1.807, 2.05) is 11.8 Å². The molecule has 1 aliphatic rings. The molecular weight excluding hydrogens is 156 g/mol. The summed E-state index contributed by atoms with van der Waals surface area (Å²) in [6.07, 6.45) is 1.47. The minimum atomic E-state index is 0.152. The van der Waals surface area contributed by atoms with Gasteiger partial charge < -0.3 is 0 Å². The molecule has 1 rings (SSSR count). The van der Waals surface area contributed by atoms with Crippen molar-refractivity contribution in [1.29, 1.82) is 0 Å². The molecule has 0 aliphatic carbocycles. The zero-order chi connectivity index (χ0) is 8.70. The van der Waals surface area contributed by atoms with Crippen LogP contribution in [0.1, 0.15) is 40.5 Å². The normalized spacial score (nSPS) is 28.5. The average Bonchev–Trinajstić information content (AvgIpc) is 1.49. The van der Waals surface area contributed by atoms with Crippen LogP contribution in [0.3, 0.4) is 0 Å². The van der Waals surface area contributed by atoms with Crippen molar-refractivity contribution >= 4 is 17.5 Å². The highest BCUT2D eigenvalue weighted by Gasteiger charge is 2.37. The van der Waals surface area contributed by atoms with Gasteiger partial charge in [-0.15, -0.1) is 11.8 Å². The Bertz CT molecular complexity index is 164. The van der Waals surface area contributed by atoms with Crippen molar-refractivity contribution in [2.24, 2.45) is 0 Å². The first-order valence-electron chi connectivity index (χ1n) is 4.03. The molecule has 0 amide bonds. The van der Waals surface area contributed by atoms with Crippen LogP contribution in [-0.4, -0.2) is 15.3 Å². The van der Waals surface area contributed by atoms with E-state index in [1.165, 1.54) is 0 Å². The molecule has 0 radical (unpaired) electrons. The van der Waals surface area contributed by atoms with Gasteiger partial charge in [0.2, 0.25) is 0 Å². The summed E-state index contributed by atoms with van der Waals surface area (Å²) >= 11 is 1.93. The zero-order valence-corrected chi connectivity index (χ0v) is 8.55. The smallest absolute Gasteiger partial charge is 0.135 e. The number of carbonyl (C=O) groups excluding carboxylic acids is 1. The first-order valence-corrected chi connectivity index (χ1v) is 4.84. The van der Waals surface area contributed by atoms with Crippen LogP contribution in [0.4, 0.5) is 0 Å². The largest absolute Gasteiger partial charge is 0.300 e. The number of hydrogen-bond donors (Lipinski definition) is 0. The van der Waals surface area contributed by atoms with Crippen LogP contribution in [0.5, 0.6) is 0 Å². The van der Waals surface area contributed by atoms with E-state index in [0.717, 1.165) is 12.8 Å². The van der Waals surface area contributed by atoms with Crippen LogP contribution < -0.4 is 0 Å². The molecule has 0 bridgehead atoms. The molecule has 0 aromatic heterocycles. The van der Waals surface area contributed by atoms with Gasteiger partial charge in [-0.1, -0.05) is 27.7 Å². The van der Waals surface area contributed by atoms with Crippen molar-refractivity contribution in [2.75, 3.05) is 0 Å². The minimum absolute atomic E-state index is 0.152. The van der Waals surface area contributed by atoms with Gasteiger partial charge in [0.05, 0.1) is 0 Å². The van der Waals surface area contributed by atoms with E-state index in [4.69, 9.17) is 0 Å². The second kappa shape index (κ2) is 2.51. The third kappa shape index (κ3) is 2.51. The Morgan fingerprint density at radius 2 is 1.45 bits per heavy atom. The molecule has 0 N–H and O–H groups in total. The second-order valence-corrected chi connectivity index (χ2v) is 6.93. The summed E-state index contributed by atoms with van der Waals surface area (Å²) in [4.78, 5) is 11.3. The topological polar surface area (TPSA) is 17.1 Å². The van der Waals surface area contributed by atoms with E-state index in [-0.39, 0.29) is 9.49 Å². The lowest BCUT2D eigenvalue weighted by molar-refractivity contribution is -0.120. The highest BCUT2D eigenvalue weighted by atomic mass is 32.2. The number of hydrogen-bond acceptors (Lipinski definition) is 2. The van der Waals surface area contributed by atoms with Gasteiger partial charge in [0.25, 0.3) is 0 Å². The second-order valence-electron chi connectivity index (χ2n) is 4.51. The molecule has 1 aliphatic heterocycles. The molecule has 1 nitrogen and oxygen atoms in total. The average molecular weight is 172 g/mol. The van der Waals surface area contributed by atoms with E-state index in [9.17, 15) is 4.79 Å². The molecule has 0 atom stereocenters. The Labute approximate surface area is 72.9 Å². The van der Waals surface area contributed by atoms with Crippen LogP contribution in [0.25, 0.3) is 0 Å². The maximum atomic E-state index is 11.3. The maximum absolute atomic E-state index is 11.3. The monoisotopic (exact) mass is 172 g/mol. The van der Waals surface area contributed by atoms with Crippen LogP contribution in [0, 0.1) is 0 Å². The quantitative estimate of drug-likeness (QED) is 0.559. The van der Waals surface area contributed by atoms with Crippen molar-refractivity contribution in [2.45, 2.75) is 50.0 Å². The maximum Gasteiger partial charge on any atom is 0.135 e. The number of thioether (sulfide) groups is 1. The molecule has 1 fully saturated rings. The standard InChI is InChI=1S/C9H16OS/c1-8(2)5-7(10)6-9(3,4)11-8/h5-6H2,1-4H3. The summed E-state index contributed by atoms with van der Waals surface area (Å²) in [5, 5.41) is 0. The van der Waals surface area contributed by atoms with Gasteiger partial charge in [0.1, 0.15) is 5.78 Å². The molecule has 11 heavy (non-hydrogen) atoms. The first-order chi connectivity index (χ1) is 4.81. The SMILES string of the molecule is CC1(C)CC(=O)CC(C)(C)S1. The van der Waals surface area contributed by atoms with Crippen molar-refractivity contribution in [3.63, 3.8) is 0 Å². The van der Waals surface area contributed by atoms with Gasteiger partial charge in [-0.3, -0.25) is 4.79 Å². The highest BCUT2D eigenvalue weighted by molar-refractivity contribution is 8.02. The molecule has 1 saturated heterocycles. The molecule has 0 unspecified atom stereocenters. The predicted molar refractivity (Wildman–Crippen MR) is 50.0 cm³/mol.